The molecular formula is C29H35FN2O2. The second kappa shape index (κ2) is 13.6. The van der Waals surface area contributed by atoms with E-state index in [4.69, 9.17) is 9.47 Å². The molecule has 3 rings (SSSR count). The molecule has 0 bridgehead atoms. The quantitative estimate of drug-likeness (QED) is 0.181. The van der Waals surface area contributed by atoms with Gasteiger partial charge >= 0.3 is 6.01 Å². The summed E-state index contributed by atoms with van der Waals surface area (Å²) in [5.41, 5.74) is 2.95. The minimum Gasteiger partial charge on any atom is -0.459 e. The van der Waals surface area contributed by atoms with Gasteiger partial charge in [0.2, 0.25) is 0 Å². The van der Waals surface area contributed by atoms with E-state index in [0.29, 0.717) is 24.3 Å². The Kier molecular flexibility index (Phi) is 10.2. The van der Waals surface area contributed by atoms with Crippen molar-refractivity contribution in [3.63, 3.8) is 0 Å². The van der Waals surface area contributed by atoms with Crippen LogP contribution < -0.4 is 4.74 Å². The summed E-state index contributed by atoms with van der Waals surface area (Å²) in [5.74, 6) is -0.248. The van der Waals surface area contributed by atoms with Crippen molar-refractivity contribution in [1.29, 1.82) is 0 Å². The van der Waals surface area contributed by atoms with E-state index in [1.807, 2.05) is 36.4 Å². The van der Waals surface area contributed by atoms with Gasteiger partial charge in [-0.15, -0.1) is 0 Å². The number of nitrogens with zero attached hydrogens (tertiary/aromatic N) is 2. The second-order valence-electron chi connectivity index (χ2n) is 8.49. The molecule has 1 unspecified atom stereocenters. The van der Waals surface area contributed by atoms with E-state index in [1.165, 1.54) is 12.8 Å². The number of rotatable bonds is 14. The molecule has 1 aromatic heterocycles. The van der Waals surface area contributed by atoms with Crippen molar-refractivity contribution < 1.29 is 13.9 Å². The fraction of sp³-hybridized carbons (Fsp3) is 0.379. The predicted octanol–water partition coefficient (Wildman–Crippen LogP) is 7.78. The molecule has 0 amide bonds. The maximum absolute atomic E-state index is 14.9. The second-order valence-corrected chi connectivity index (χ2v) is 8.49. The Labute approximate surface area is 202 Å². The minimum atomic E-state index is -0.248. The standard InChI is InChI=1S/C29H35FN2O2/c1-4-6-10-18-33-22(3)11-8-7-9-12-23-13-15-26(27(30)19-23)24-14-16-28-25(20-24)21-31-29(32-28)34-17-5-2/h5,9,12-16,19-22H,2,4,6-8,10-11,17-18H2,1,3H3/b12-9+. The summed E-state index contributed by atoms with van der Waals surface area (Å²) >= 11 is 0. The van der Waals surface area contributed by atoms with Crippen molar-refractivity contribution in [1.82, 2.24) is 9.97 Å². The fourth-order valence-electron chi connectivity index (χ4n) is 3.72. The summed E-state index contributed by atoms with van der Waals surface area (Å²) in [6.07, 6.45) is 14.4. The third-order valence-electron chi connectivity index (χ3n) is 5.63. The number of hydrogen-bond acceptors (Lipinski definition) is 4. The van der Waals surface area contributed by atoms with Crippen molar-refractivity contribution in [2.45, 2.75) is 58.5 Å². The van der Waals surface area contributed by atoms with E-state index in [1.54, 1.807) is 18.3 Å². The maximum atomic E-state index is 14.9. The molecule has 0 fully saturated rings. The molecule has 0 saturated carbocycles. The Bertz CT molecular complexity index is 1100. The smallest absolute Gasteiger partial charge is 0.317 e. The van der Waals surface area contributed by atoms with E-state index in [0.717, 1.165) is 54.3 Å². The zero-order valence-electron chi connectivity index (χ0n) is 20.3. The maximum Gasteiger partial charge on any atom is 0.317 e. The van der Waals surface area contributed by atoms with Crippen LogP contribution in [-0.2, 0) is 4.74 Å². The lowest BCUT2D eigenvalue weighted by Gasteiger charge is -2.12. The molecule has 34 heavy (non-hydrogen) atoms. The van der Waals surface area contributed by atoms with Gasteiger partial charge in [0, 0.05) is 23.8 Å². The Balaban J connectivity index is 1.55. The van der Waals surface area contributed by atoms with Crippen LogP contribution >= 0.6 is 0 Å². The Hall–Kier alpha value is -3.05. The van der Waals surface area contributed by atoms with Crippen LogP contribution in [0.15, 0.2) is 61.3 Å². The number of fused-ring (bicyclic) bond motifs is 1. The van der Waals surface area contributed by atoms with Gasteiger partial charge in [0.05, 0.1) is 11.6 Å². The summed E-state index contributed by atoms with van der Waals surface area (Å²) in [6, 6.07) is 11.3. The fourth-order valence-corrected chi connectivity index (χ4v) is 3.72. The summed E-state index contributed by atoms with van der Waals surface area (Å²) < 4.78 is 26.1. The number of aromatic nitrogens is 2. The van der Waals surface area contributed by atoms with Gasteiger partial charge in [-0.1, -0.05) is 62.8 Å². The Morgan fingerprint density at radius 2 is 2.00 bits per heavy atom. The number of unbranched alkanes of at least 4 members (excludes halogenated alkanes) is 3. The van der Waals surface area contributed by atoms with Crippen LogP contribution in [0.1, 0.15) is 57.9 Å². The molecule has 0 aliphatic rings. The van der Waals surface area contributed by atoms with Gasteiger partial charge in [-0.3, -0.25) is 0 Å². The van der Waals surface area contributed by atoms with Gasteiger partial charge in [-0.25, -0.2) is 9.37 Å². The molecule has 2 aromatic carbocycles. The summed E-state index contributed by atoms with van der Waals surface area (Å²) in [7, 11) is 0. The van der Waals surface area contributed by atoms with E-state index in [2.05, 4.69) is 36.5 Å². The molecule has 3 aromatic rings. The molecular weight excluding hydrogens is 427 g/mol. The van der Waals surface area contributed by atoms with E-state index < -0.39 is 0 Å². The number of benzene rings is 2. The van der Waals surface area contributed by atoms with Crippen LogP contribution in [0.5, 0.6) is 6.01 Å². The number of allylic oxidation sites excluding steroid dienone is 1. The first-order chi connectivity index (χ1) is 16.6. The third-order valence-corrected chi connectivity index (χ3v) is 5.63. The normalized spacial score (nSPS) is 12.3. The zero-order chi connectivity index (χ0) is 24.2. The van der Waals surface area contributed by atoms with E-state index in [9.17, 15) is 4.39 Å². The van der Waals surface area contributed by atoms with Crippen molar-refractivity contribution in [3.8, 4) is 17.1 Å². The van der Waals surface area contributed by atoms with Gasteiger partial charge in [0.1, 0.15) is 12.4 Å². The van der Waals surface area contributed by atoms with E-state index >= 15 is 0 Å². The number of ether oxygens (including phenoxy) is 2. The first kappa shape index (κ1) is 25.6. The first-order valence-electron chi connectivity index (χ1n) is 12.2. The molecule has 0 spiro atoms. The Morgan fingerprint density at radius 1 is 1.12 bits per heavy atom. The van der Waals surface area contributed by atoms with Crippen LogP contribution in [0.25, 0.3) is 28.1 Å². The average molecular weight is 463 g/mol. The SMILES string of the molecule is C=CCOc1ncc2cc(-c3ccc(/C=C/CCCC(C)OCCCCC)cc3F)ccc2n1. The lowest BCUT2D eigenvalue weighted by Crippen LogP contribution is -2.08. The highest BCUT2D eigenvalue weighted by molar-refractivity contribution is 5.84. The monoisotopic (exact) mass is 462 g/mol. The van der Waals surface area contributed by atoms with Gasteiger partial charge in [-0.05, 0) is 61.9 Å². The third kappa shape index (κ3) is 7.77. The summed E-state index contributed by atoms with van der Waals surface area (Å²) in [4.78, 5) is 8.58. The van der Waals surface area contributed by atoms with Gasteiger partial charge in [0.15, 0.2) is 0 Å². The highest BCUT2D eigenvalue weighted by Crippen LogP contribution is 2.27. The van der Waals surface area contributed by atoms with Gasteiger partial charge < -0.3 is 9.47 Å². The summed E-state index contributed by atoms with van der Waals surface area (Å²) in [5, 5.41) is 0.829. The lowest BCUT2D eigenvalue weighted by atomic mass is 10.0. The minimum absolute atomic E-state index is 0.248. The zero-order valence-corrected chi connectivity index (χ0v) is 20.3. The van der Waals surface area contributed by atoms with E-state index in [-0.39, 0.29) is 5.82 Å². The molecule has 0 saturated heterocycles. The summed E-state index contributed by atoms with van der Waals surface area (Å²) in [6.45, 7) is 9.16. The van der Waals surface area contributed by atoms with Crippen LogP contribution in [0.3, 0.4) is 0 Å². The molecule has 4 nitrogen and oxygen atoms in total. The highest BCUT2D eigenvalue weighted by Gasteiger charge is 2.08. The van der Waals surface area contributed by atoms with Gasteiger partial charge in [0.25, 0.3) is 0 Å². The lowest BCUT2D eigenvalue weighted by molar-refractivity contribution is 0.0566. The first-order valence-corrected chi connectivity index (χ1v) is 12.2. The van der Waals surface area contributed by atoms with Gasteiger partial charge in [-0.2, -0.15) is 4.98 Å². The van der Waals surface area contributed by atoms with Crippen LogP contribution in [0.2, 0.25) is 0 Å². The average Bonchev–Trinajstić information content (AvgIpc) is 2.85. The van der Waals surface area contributed by atoms with Crippen molar-refractivity contribution in [2.75, 3.05) is 13.2 Å². The van der Waals surface area contributed by atoms with Crippen LogP contribution in [-0.4, -0.2) is 29.3 Å². The molecule has 0 N–H and O–H groups in total. The number of hydrogen-bond donors (Lipinski definition) is 0. The number of halogens is 1. The molecule has 1 heterocycles. The predicted molar refractivity (Wildman–Crippen MR) is 138 cm³/mol. The molecule has 0 aliphatic heterocycles. The van der Waals surface area contributed by atoms with Crippen molar-refractivity contribution in [2.24, 2.45) is 0 Å². The molecule has 5 heteroatoms. The molecule has 0 radical (unpaired) electrons. The highest BCUT2D eigenvalue weighted by atomic mass is 19.1. The largest absolute Gasteiger partial charge is 0.459 e. The molecule has 180 valence electrons. The topological polar surface area (TPSA) is 44.2 Å². The Morgan fingerprint density at radius 3 is 2.79 bits per heavy atom. The van der Waals surface area contributed by atoms with Crippen molar-refractivity contribution in [3.05, 3.63) is 72.7 Å². The van der Waals surface area contributed by atoms with Crippen molar-refractivity contribution >= 4 is 17.0 Å². The van der Waals surface area contributed by atoms with Crippen LogP contribution in [0, 0.1) is 5.82 Å². The molecule has 0 aliphatic carbocycles. The molecule has 1 atom stereocenters. The van der Waals surface area contributed by atoms with Crippen LogP contribution in [0.4, 0.5) is 4.39 Å².